The predicted octanol–water partition coefficient (Wildman–Crippen LogP) is 4.38. The van der Waals surface area contributed by atoms with Crippen molar-refractivity contribution in [1.82, 2.24) is 0 Å². The Kier molecular flexibility index (Phi) is 11.6. The molecule has 0 amide bonds. The van der Waals surface area contributed by atoms with Gasteiger partial charge in [0.25, 0.3) is 0 Å². The summed E-state index contributed by atoms with van der Waals surface area (Å²) < 4.78 is 0. The first-order valence-electron chi connectivity index (χ1n) is 5.26. The third kappa shape index (κ3) is 19.9. The third-order valence-corrected chi connectivity index (χ3v) is 1.64. The van der Waals surface area contributed by atoms with Gasteiger partial charge < -0.3 is 5.11 Å². The minimum Gasteiger partial charge on any atom is -0.391 e. The van der Waals surface area contributed by atoms with Crippen LogP contribution in [0.1, 0.15) is 40.2 Å². The summed E-state index contributed by atoms with van der Waals surface area (Å²) >= 11 is 3.36. The van der Waals surface area contributed by atoms with Gasteiger partial charge in [0, 0.05) is 5.33 Å². The van der Waals surface area contributed by atoms with Gasteiger partial charge in [-0.15, -0.1) is 0 Å². The van der Waals surface area contributed by atoms with E-state index >= 15 is 0 Å². The highest BCUT2D eigenvalue weighted by Gasteiger charge is 1.97. The number of aliphatic hydroxyl groups is 1. The average Bonchev–Trinajstić information content (AvgIpc) is 2.20. The Morgan fingerprint density at radius 2 is 1.40 bits per heavy atom. The summed E-state index contributed by atoms with van der Waals surface area (Å²) in [6, 6.07) is 10.3. The van der Waals surface area contributed by atoms with Crippen molar-refractivity contribution < 1.29 is 5.11 Å². The SMILES string of the molecule is BrCc1ccccc1.CC.CC(C)(C)O. The maximum Gasteiger partial charge on any atom is 0.0563 e. The molecule has 1 aromatic carbocycles. The van der Waals surface area contributed by atoms with E-state index in [0.29, 0.717) is 0 Å². The van der Waals surface area contributed by atoms with Crippen molar-refractivity contribution in [2.75, 3.05) is 0 Å². The highest BCUT2D eigenvalue weighted by atomic mass is 79.9. The van der Waals surface area contributed by atoms with Gasteiger partial charge in [-0.25, -0.2) is 0 Å². The first-order valence-corrected chi connectivity index (χ1v) is 6.38. The molecule has 0 aliphatic heterocycles. The number of hydrogen-bond donors (Lipinski definition) is 1. The first-order chi connectivity index (χ1) is 6.93. The van der Waals surface area contributed by atoms with Crippen molar-refractivity contribution in [2.24, 2.45) is 0 Å². The van der Waals surface area contributed by atoms with Crippen LogP contribution in [0.4, 0.5) is 0 Å². The van der Waals surface area contributed by atoms with Crippen LogP contribution in [-0.2, 0) is 5.33 Å². The van der Waals surface area contributed by atoms with Crippen molar-refractivity contribution in [2.45, 2.75) is 45.5 Å². The van der Waals surface area contributed by atoms with Gasteiger partial charge in [-0.1, -0.05) is 60.1 Å². The fraction of sp³-hybridized carbons (Fsp3) is 0.538. The molecule has 0 fully saturated rings. The number of halogens is 1. The van der Waals surface area contributed by atoms with Crippen LogP contribution in [0.5, 0.6) is 0 Å². The Labute approximate surface area is 103 Å². The molecule has 0 saturated heterocycles. The van der Waals surface area contributed by atoms with Crippen molar-refractivity contribution in [1.29, 1.82) is 0 Å². The smallest absolute Gasteiger partial charge is 0.0563 e. The molecule has 0 aliphatic carbocycles. The minimum atomic E-state index is -0.500. The second kappa shape index (κ2) is 10.2. The number of alkyl halides is 1. The first kappa shape index (κ1) is 17.1. The van der Waals surface area contributed by atoms with Gasteiger partial charge in [-0.05, 0) is 26.3 Å². The Bertz CT molecular complexity index is 208. The Hall–Kier alpha value is -0.340. The Balaban J connectivity index is 0. The molecule has 0 radical (unpaired) electrons. The molecule has 0 aliphatic rings. The number of rotatable bonds is 1. The zero-order valence-electron chi connectivity index (χ0n) is 10.4. The monoisotopic (exact) mass is 274 g/mol. The average molecular weight is 275 g/mol. The highest BCUT2D eigenvalue weighted by molar-refractivity contribution is 9.08. The van der Waals surface area contributed by atoms with Crippen molar-refractivity contribution in [3.05, 3.63) is 35.9 Å². The molecule has 0 aromatic heterocycles. The van der Waals surface area contributed by atoms with Gasteiger partial charge in [0.1, 0.15) is 0 Å². The Morgan fingerprint density at radius 1 is 1.07 bits per heavy atom. The summed E-state index contributed by atoms with van der Waals surface area (Å²) in [6.45, 7) is 9.23. The van der Waals surface area contributed by atoms with E-state index in [4.69, 9.17) is 5.11 Å². The number of benzene rings is 1. The minimum absolute atomic E-state index is 0.500. The van der Waals surface area contributed by atoms with Crippen molar-refractivity contribution >= 4 is 15.9 Å². The zero-order chi connectivity index (χ0) is 12.3. The highest BCUT2D eigenvalue weighted by Crippen LogP contribution is 2.02. The molecule has 1 rings (SSSR count). The summed E-state index contributed by atoms with van der Waals surface area (Å²) in [5, 5.41) is 9.47. The van der Waals surface area contributed by atoms with Gasteiger partial charge in [0.15, 0.2) is 0 Å². The number of hydrogen-bond acceptors (Lipinski definition) is 1. The topological polar surface area (TPSA) is 20.2 Å². The van der Waals surface area contributed by atoms with Crippen LogP contribution in [0.2, 0.25) is 0 Å². The van der Waals surface area contributed by atoms with E-state index in [1.165, 1.54) is 5.56 Å². The lowest BCUT2D eigenvalue weighted by Gasteiger charge is -2.04. The fourth-order valence-electron chi connectivity index (χ4n) is 0.567. The summed E-state index contributed by atoms with van der Waals surface area (Å²) in [5.74, 6) is 0. The predicted molar refractivity (Wildman–Crippen MR) is 72.4 cm³/mol. The molecular weight excluding hydrogens is 252 g/mol. The van der Waals surface area contributed by atoms with Gasteiger partial charge in [-0.2, -0.15) is 0 Å². The van der Waals surface area contributed by atoms with E-state index in [9.17, 15) is 0 Å². The van der Waals surface area contributed by atoms with Gasteiger partial charge >= 0.3 is 0 Å². The van der Waals surface area contributed by atoms with E-state index in [2.05, 4.69) is 28.1 Å². The lowest BCUT2D eigenvalue weighted by molar-refractivity contribution is 0.102. The van der Waals surface area contributed by atoms with Crippen LogP contribution >= 0.6 is 15.9 Å². The molecule has 0 spiro atoms. The van der Waals surface area contributed by atoms with Gasteiger partial charge in [0.2, 0.25) is 0 Å². The standard InChI is InChI=1S/C7H7Br.C4H10O.C2H6/c8-6-7-4-2-1-3-5-7;1-4(2,3)5;1-2/h1-5H,6H2;5H,1-3H3;1-2H3. The lowest BCUT2D eigenvalue weighted by atomic mass is 10.2. The molecule has 0 unspecified atom stereocenters. The molecule has 0 heterocycles. The van der Waals surface area contributed by atoms with Crippen LogP contribution in [0.3, 0.4) is 0 Å². The second-order valence-electron chi connectivity index (χ2n) is 3.79. The zero-order valence-corrected chi connectivity index (χ0v) is 12.0. The van der Waals surface area contributed by atoms with Crippen molar-refractivity contribution in [3.63, 3.8) is 0 Å². The van der Waals surface area contributed by atoms with Crippen LogP contribution < -0.4 is 0 Å². The summed E-state index contributed by atoms with van der Waals surface area (Å²) in [6.07, 6.45) is 0. The van der Waals surface area contributed by atoms with Crippen LogP contribution in [0.15, 0.2) is 30.3 Å². The molecule has 0 bridgehead atoms. The molecule has 0 atom stereocenters. The molecule has 15 heavy (non-hydrogen) atoms. The summed E-state index contributed by atoms with van der Waals surface area (Å²) in [7, 11) is 0. The third-order valence-electron chi connectivity index (χ3n) is 0.997. The van der Waals surface area contributed by atoms with Crippen LogP contribution in [-0.4, -0.2) is 10.7 Å². The van der Waals surface area contributed by atoms with E-state index in [-0.39, 0.29) is 0 Å². The Morgan fingerprint density at radius 3 is 1.60 bits per heavy atom. The normalized spacial score (nSPS) is 9.27. The van der Waals surface area contributed by atoms with Crippen LogP contribution in [0.25, 0.3) is 0 Å². The molecule has 1 N–H and O–H groups in total. The van der Waals surface area contributed by atoms with E-state index in [1.807, 2.05) is 32.0 Å². The largest absolute Gasteiger partial charge is 0.391 e. The van der Waals surface area contributed by atoms with Crippen LogP contribution in [0, 0.1) is 0 Å². The van der Waals surface area contributed by atoms with E-state index < -0.39 is 5.60 Å². The van der Waals surface area contributed by atoms with Gasteiger partial charge in [-0.3, -0.25) is 0 Å². The maximum atomic E-state index is 8.52. The van der Waals surface area contributed by atoms with Crippen molar-refractivity contribution in [3.8, 4) is 0 Å². The summed E-state index contributed by atoms with van der Waals surface area (Å²) in [4.78, 5) is 0. The van der Waals surface area contributed by atoms with E-state index in [1.54, 1.807) is 20.8 Å². The molecule has 2 heteroatoms. The molecule has 1 nitrogen and oxygen atoms in total. The van der Waals surface area contributed by atoms with Gasteiger partial charge in [0.05, 0.1) is 5.60 Å². The fourth-order valence-corrected chi connectivity index (χ4v) is 0.941. The molecule has 1 aromatic rings. The lowest BCUT2D eigenvalue weighted by Crippen LogP contribution is -2.10. The molecular formula is C13H23BrO. The summed E-state index contributed by atoms with van der Waals surface area (Å²) in [5.41, 5.74) is 0.826. The second-order valence-corrected chi connectivity index (χ2v) is 4.35. The molecule has 0 saturated carbocycles. The maximum absolute atomic E-state index is 8.52. The van der Waals surface area contributed by atoms with E-state index in [0.717, 1.165) is 5.33 Å². The molecule has 88 valence electrons. The quantitative estimate of drug-likeness (QED) is 0.754.